The lowest BCUT2D eigenvalue weighted by atomic mass is 9.98. The Morgan fingerprint density at radius 3 is 2.59 bits per heavy atom. The molecule has 1 aromatic heterocycles. The number of carboxylic acid groups (broad SMARTS) is 1. The number of aryl methyl sites for hydroxylation is 3. The van der Waals surface area contributed by atoms with Crippen molar-refractivity contribution in [2.75, 3.05) is 11.4 Å². The van der Waals surface area contributed by atoms with Crippen molar-refractivity contribution in [2.24, 2.45) is 0 Å². The second-order valence-electron chi connectivity index (χ2n) is 7.97. The van der Waals surface area contributed by atoms with Gasteiger partial charge < -0.3 is 14.4 Å². The zero-order chi connectivity index (χ0) is 22.8. The van der Waals surface area contributed by atoms with E-state index in [1.807, 2.05) is 12.1 Å². The van der Waals surface area contributed by atoms with Crippen LogP contribution in [0.4, 0.5) is 11.4 Å². The third-order valence-electron chi connectivity index (χ3n) is 5.49. The van der Waals surface area contributed by atoms with Crippen LogP contribution in [0.25, 0.3) is 17.0 Å². The number of nitriles is 1. The zero-order valence-electron chi connectivity index (χ0n) is 17.9. The number of carbonyl (C=O) groups is 1. The van der Waals surface area contributed by atoms with Gasteiger partial charge in [-0.1, -0.05) is 12.1 Å². The number of aliphatic carboxylic acids is 1. The van der Waals surface area contributed by atoms with Crippen LogP contribution in [0.1, 0.15) is 28.7 Å². The third kappa shape index (κ3) is 4.19. The van der Waals surface area contributed by atoms with Crippen LogP contribution in [0.15, 0.2) is 63.3 Å². The number of hydrogen-bond acceptors (Lipinski definition) is 5. The molecule has 0 radical (unpaired) electrons. The summed E-state index contributed by atoms with van der Waals surface area (Å²) >= 11 is 0. The van der Waals surface area contributed by atoms with E-state index in [1.165, 1.54) is 28.8 Å². The fourth-order valence-electron chi connectivity index (χ4n) is 4.11. The Morgan fingerprint density at radius 1 is 1.16 bits per heavy atom. The highest BCUT2D eigenvalue weighted by molar-refractivity contribution is 5.91. The number of fused-ring (bicyclic) bond motifs is 2. The van der Waals surface area contributed by atoms with Crippen LogP contribution in [0.2, 0.25) is 0 Å². The summed E-state index contributed by atoms with van der Waals surface area (Å²) in [5.41, 5.74) is 5.62. The Balaban J connectivity index is 1.76. The normalized spacial score (nSPS) is 13.9. The summed E-state index contributed by atoms with van der Waals surface area (Å²) in [7, 11) is 0. The van der Waals surface area contributed by atoms with E-state index in [2.05, 4.69) is 36.9 Å². The standard InChI is InChI=1S/C26H22N2O4/c1-16-9-17(2)11-22(10-16)28-8-4-7-18-12-21-13-19(5-3-6-20(15-27)25(29)30)26(31)32-24(21)14-23(18)28/h3,5-6,9-14H,4,7-8H2,1-2H3,(H,29,30)/b5-3+,20-6+. The molecule has 1 aliphatic heterocycles. The van der Waals surface area contributed by atoms with Crippen molar-refractivity contribution in [2.45, 2.75) is 26.7 Å². The van der Waals surface area contributed by atoms with Crippen LogP contribution >= 0.6 is 0 Å². The Labute approximate surface area is 185 Å². The van der Waals surface area contributed by atoms with Crippen LogP contribution < -0.4 is 10.5 Å². The summed E-state index contributed by atoms with van der Waals surface area (Å²) in [6, 6.07) is 13.8. The number of nitrogens with zero attached hydrogens (tertiary/aromatic N) is 2. The molecule has 0 saturated heterocycles. The largest absolute Gasteiger partial charge is 0.477 e. The van der Waals surface area contributed by atoms with E-state index >= 15 is 0 Å². The average Bonchev–Trinajstić information content (AvgIpc) is 2.74. The molecule has 0 saturated carbocycles. The molecule has 1 aliphatic rings. The van der Waals surface area contributed by atoms with Gasteiger partial charge in [-0.15, -0.1) is 0 Å². The predicted octanol–water partition coefficient (Wildman–Crippen LogP) is 5.04. The van der Waals surface area contributed by atoms with Gasteiger partial charge in [0.2, 0.25) is 0 Å². The molecule has 0 bridgehead atoms. The molecule has 0 unspecified atom stereocenters. The highest BCUT2D eigenvalue weighted by atomic mass is 16.4. The second-order valence-corrected chi connectivity index (χ2v) is 7.97. The summed E-state index contributed by atoms with van der Waals surface area (Å²) in [4.78, 5) is 25.7. The van der Waals surface area contributed by atoms with Gasteiger partial charge in [-0.05, 0) is 79.8 Å². The molecule has 0 spiro atoms. The van der Waals surface area contributed by atoms with Crippen molar-refractivity contribution < 1.29 is 14.3 Å². The van der Waals surface area contributed by atoms with Crippen molar-refractivity contribution in [3.05, 3.63) is 86.8 Å². The van der Waals surface area contributed by atoms with E-state index in [9.17, 15) is 9.59 Å². The zero-order valence-corrected chi connectivity index (χ0v) is 17.9. The molecule has 2 heterocycles. The number of rotatable bonds is 4. The SMILES string of the molecule is Cc1cc(C)cc(N2CCCc3cc4cc(/C=C/C=C(\C#N)C(=O)O)c(=O)oc4cc32)c1. The molecule has 32 heavy (non-hydrogen) atoms. The van der Waals surface area contributed by atoms with Crippen LogP contribution in [-0.4, -0.2) is 17.6 Å². The van der Waals surface area contributed by atoms with Crippen molar-refractivity contribution in [3.8, 4) is 6.07 Å². The lowest BCUT2D eigenvalue weighted by molar-refractivity contribution is -0.132. The molecule has 1 N–H and O–H groups in total. The summed E-state index contributed by atoms with van der Waals surface area (Å²) in [6.45, 7) is 5.06. The Kier molecular flexibility index (Phi) is 5.65. The fourth-order valence-corrected chi connectivity index (χ4v) is 4.11. The summed E-state index contributed by atoms with van der Waals surface area (Å²) in [6.07, 6.45) is 5.92. The maximum Gasteiger partial charge on any atom is 0.346 e. The van der Waals surface area contributed by atoms with Crippen LogP contribution in [0, 0.1) is 25.2 Å². The maximum absolute atomic E-state index is 12.5. The maximum atomic E-state index is 12.5. The van der Waals surface area contributed by atoms with E-state index in [1.54, 1.807) is 12.1 Å². The molecule has 0 aliphatic carbocycles. The van der Waals surface area contributed by atoms with Gasteiger partial charge in [0.15, 0.2) is 0 Å². The Morgan fingerprint density at radius 2 is 1.91 bits per heavy atom. The molecule has 2 aromatic carbocycles. The van der Waals surface area contributed by atoms with E-state index < -0.39 is 17.2 Å². The lowest BCUT2D eigenvalue weighted by Gasteiger charge is -2.32. The minimum atomic E-state index is -1.32. The smallest absolute Gasteiger partial charge is 0.346 e. The van der Waals surface area contributed by atoms with Crippen molar-refractivity contribution >= 4 is 34.4 Å². The molecule has 0 atom stereocenters. The molecule has 6 heteroatoms. The number of anilines is 2. The molecule has 6 nitrogen and oxygen atoms in total. The van der Waals surface area contributed by atoms with Crippen LogP contribution in [0.5, 0.6) is 0 Å². The molecular formula is C26H22N2O4. The minimum Gasteiger partial charge on any atom is -0.477 e. The quantitative estimate of drug-likeness (QED) is 0.272. The molecule has 4 rings (SSSR count). The molecular weight excluding hydrogens is 404 g/mol. The fraction of sp³-hybridized carbons (Fsp3) is 0.192. The van der Waals surface area contributed by atoms with Gasteiger partial charge in [0, 0.05) is 29.4 Å². The Hall–Kier alpha value is -4.11. The third-order valence-corrected chi connectivity index (χ3v) is 5.49. The van der Waals surface area contributed by atoms with Gasteiger partial charge in [0.1, 0.15) is 17.2 Å². The second kappa shape index (κ2) is 8.56. The first-order valence-corrected chi connectivity index (χ1v) is 10.3. The van der Waals surface area contributed by atoms with Crippen molar-refractivity contribution in [1.82, 2.24) is 0 Å². The van der Waals surface area contributed by atoms with Crippen LogP contribution in [-0.2, 0) is 11.2 Å². The first-order chi connectivity index (χ1) is 15.4. The first kappa shape index (κ1) is 21.1. The van der Waals surface area contributed by atoms with Gasteiger partial charge in [-0.25, -0.2) is 9.59 Å². The van der Waals surface area contributed by atoms with Crippen molar-refractivity contribution in [3.63, 3.8) is 0 Å². The van der Waals surface area contributed by atoms with E-state index in [0.29, 0.717) is 11.1 Å². The highest BCUT2D eigenvalue weighted by Gasteiger charge is 2.20. The van der Waals surface area contributed by atoms with Crippen LogP contribution in [0.3, 0.4) is 0 Å². The summed E-state index contributed by atoms with van der Waals surface area (Å²) in [5.74, 6) is -1.32. The summed E-state index contributed by atoms with van der Waals surface area (Å²) in [5, 5.41) is 18.5. The monoisotopic (exact) mass is 426 g/mol. The van der Waals surface area contributed by atoms with Gasteiger partial charge in [-0.2, -0.15) is 5.26 Å². The summed E-state index contributed by atoms with van der Waals surface area (Å²) < 4.78 is 5.59. The molecule has 0 fully saturated rings. The molecule has 0 amide bonds. The van der Waals surface area contributed by atoms with E-state index in [4.69, 9.17) is 14.8 Å². The van der Waals surface area contributed by atoms with Gasteiger partial charge in [0.05, 0.1) is 5.56 Å². The van der Waals surface area contributed by atoms with Crippen molar-refractivity contribution in [1.29, 1.82) is 5.26 Å². The van der Waals surface area contributed by atoms with Gasteiger partial charge in [-0.3, -0.25) is 0 Å². The molecule has 160 valence electrons. The predicted molar refractivity (Wildman–Crippen MR) is 124 cm³/mol. The minimum absolute atomic E-state index is 0.290. The number of allylic oxidation sites excluding steroid dienone is 2. The van der Waals surface area contributed by atoms with Gasteiger partial charge in [0.25, 0.3) is 0 Å². The van der Waals surface area contributed by atoms with E-state index in [-0.39, 0.29) is 0 Å². The van der Waals surface area contributed by atoms with Gasteiger partial charge >= 0.3 is 11.6 Å². The number of hydrogen-bond donors (Lipinski definition) is 1. The highest BCUT2D eigenvalue weighted by Crippen LogP contribution is 2.37. The average molecular weight is 426 g/mol. The molecule has 3 aromatic rings. The number of benzene rings is 2. The lowest BCUT2D eigenvalue weighted by Crippen LogP contribution is -2.24. The van der Waals surface area contributed by atoms with E-state index in [0.717, 1.165) is 42.2 Å². The Bertz CT molecular complexity index is 1370. The first-order valence-electron chi connectivity index (χ1n) is 10.3. The number of carboxylic acids is 1. The topological polar surface area (TPSA) is 94.5 Å².